The van der Waals surface area contributed by atoms with Gasteiger partial charge >= 0.3 is 6.18 Å². The quantitative estimate of drug-likeness (QED) is 0.640. The Morgan fingerprint density at radius 3 is 1.70 bits per heavy atom. The van der Waals surface area contributed by atoms with Crippen molar-refractivity contribution in [2.24, 2.45) is 5.73 Å². The third-order valence-corrected chi connectivity index (χ3v) is 3.82. The Hall–Kier alpha value is -3.87. The lowest BCUT2D eigenvalue weighted by molar-refractivity contribution is -0.137. The van der Waals surface area contributed by atoms with Gasteiger partial charge in [0, 0.05) is 17.3 Å². The Labute approximate surface area is 171 Å². The fourth-order valence-corrected chi connectivity index (χ4v) is 2.27. The second-order valence-corrected chi connectivity index (χ2v) is 6.02. The standard InChI is InChI=1S/C16H12F3NO.C7H7NO/c17-16(18,19)14-8-6-12(7-9-14)10-11-20-15(21)13-4-2-1-3-5-13;8-7(9)6-4-2-1-3-5-6/h1-11H,(H,20,21);1-5H,(H2,8,9)/b11-10+;. The van der Waals surface area contributed by atoms with Crippen molar-refractivity contribution in [3.05, 3.63) is 113 Å². The summed E-state index contributed by atoms with van der Waals surface area (Å²) in [6.45, 7) is 0. The molecule has 0 spiro atoms. The molecule has 3 aromatic carbocycles. The summed E-state index contributed by atoms with van der Waals surface area (Å²) < 4.78 is 37.2. The Kier molecular flexibility index (Phi) is 7.93. The molecule has 0 aromatic heterocycles. The first-order valence-electron chi connectivity index (χ1n) is 8.82. The van der Waals surface area contributed by atoms with E-state index < -0.39 is 11.7 Å². The van der Waals surface area contributed by atoms with Gasteiger partial charge in [0.1, 0.15) is 0 Å². The Morgan fingerprint density at radius 1 is 0.767 bits per heavy atom. The molecule has 3 aromatic rings. The van der Waals surface area contributed by atoms with Gasteiger partial charge in [-0.2, -0.15) is 13.2 Å². The van der Waals surface area contributed by atoms with E-state index >= 15 is 0 Å². The van der Waals surface area contributed by atoms with Crippen molar-refractivity contribution < 1.29 is 22.8 Å². The predicted octanol–water partition coefficient (Wildman–Crippen LogP) is 4.89. The van der Waals surface area contributed by atoms with Gasteiger partial charge in [0.25, 0.3) is 5.91 Å². The molecule has 0 aliphatic carbocycles. The van der Waals surface area contributed by atoms with Crippen LogP contribution in [0.3, 0.4) is 0 Å². The van der Waals surface area contributed by atoms with Crippen LogP contribution in [0, 0.1) is 0 Å². The Morgan fingerprint density at radius 2 is 1.27 bits per heavy atom. The number of benzene rings is 3. The van der Waals surface area contributed by atoms with Crippen LogP contribution in [0.1, 0.15) is 31.8 Å². The first kappa shape index (κ1) is 22.4. The van der Waals surface area contributed by atoms with Gasteiger partial charge in [-0.05, 0) is 48.0 Å². The first-order chi connectivity index (χ1) is 14.3. The molecule has 0 heterocycles. The van der Waals surface area contributed by atoms with Gasteiger partial charge in [-0.25, -0.2) is 0 Å². The molecular formula is C23H19F3N2O2. The molecule has 2 amide bonds. The highest BCUT2D eigenvalue weighted by Crippen LogP contribution is 2.29. The number of hydrogen-bond donors (Lipinski definition) is 2. The van der Waals surface area contributed by atoms with Crippen molar-refractivity contribution in [1.82, 2.24) is 5.32 Å². The van der Waals surface area contributed by atoms with Crippen LogP contribution < -0.4 is 11.1 Å². The summed E-state index contributed by atoms with van der Waals surface area (Å²) in [5.74, 6) is -0.658. The van der Waals surface area contributed by atoms with Crippen molar-refractivity contribution in [2.75, 3.05) is 0 Å². The number of halogens is 3. The normalized spacial score (nSPS) is 10.8. The molecule has 4 nitrogen and oxygen atoms in total. The average molecular weight is 412 g/mol. The highest BCUT2D eigenvalue weighted by molar-refractivity contribution is 5.95. The molecule has 0 radical (unpaired) electrons. The molecule has 0 atom stereocenters. The topological polar surface area (TPSA) is 72.2 Å². The van der Waals surface area contributed by atoms with Crippen LogP contribution >= 0.6 is 0 Å². The van der Waals surface area contributed by atoms with Crippen molar-refractivity contribution in [3.8, 4) is 0 Å². The maximum Gasteiger partial charge on any atom is 0.416 e. The zero-order valence-electron chi connectivity index (χ0n) is 15.8. The Bertz CT molecular complexity index is 984. The monoisotopic (exact) mass is 412 g/mol. The minimum absolute atomic E-state index is 0.279. The molecule has 0 saturated carbocycles. The number of amides is 2. The molecule has 0 saturated heterocycles. The minimum atomic E-state index is -4.34. The summed E-state index contributed by atoms with van der Waals surface area (Å²) in [6, 6.07) is 22.1. The molecular weight excluding hydrogens is 393 g/mol. The molecule has 0 bridgehead atoms. The maximum atomic E-state index is 12.4. The third kappa shape index (κ3) is 7.27. The van der Waals surface area contributed by atoms with E-state index in [9.17, 15) is 22.8 Å². The van der Waals surface area contributed by atoms with Gasteiger partial charge in [-0.1, -0.05) is 48.5 Å². The number of hydrogen-bond acceptors (Lipinski definition) is 2. The van der Waals surface area contributed by atoms with E-state index in [4.69, 9.17) is 5.73 Å². The second kappa shape index (κ2) is 10.6. The lowest BCUT2D eigenvalue weighted by Gasteiger charge is -2.06. The van der Waals surface area contributed by atoms with Gasteiger partial charge in [0.15, 0.2) is 0 Å². The van der Waals surface area contributed by atoms with E-state index in [1.165, 1.54) is 24.4 Å². The zero-order valence-corrected chi connectivity index (χ0v) is 15.8. The number of carbonyl (C=O) groups excluding carboxylic acids is 2. The molecule has 0 unspecified atom stereocenters. The summed E-state index contributed by atoms with van der Waals surface area (Å²) in [5.41, 5.74) is 5.90. The van der Waals surface area contributed by atoms with Gasteiger partial charge in [-0.15, -0.1) is 0 Å². The number of primary amides is 1. The van der Waals surface area contributed by atoms with Crippen molar-refractivity contribution >= 4 is 17.9 Å². The largest absolute Gasteiger partial charge is 0.416 e. The summed E-state index contributed by atoms with van der Waals surface area (Å²) >= 11 is 0. The van der Waals surface area contributed by atoms with Gasteiger partial charge in [0.2, 0.25) is 5.91 Å². The molecule has 154 valence electrons. The molecule has 30 heavy (non-hydrogen) atoms. The smallest absolute Gasteiger partial charge is 0.366 e. The SMILES string of the molecule is NC(=O)c1ccccc1.O=C(N/C=C/c1ccc(C(F)(F)F)cc1)c1ccccc1. The van der Waals surface area contributed by atoms with Crippen molar-refractivity contribution in [3.63, 3.8) is 0 Å². The molecule has 0 fully saturated rings. The van der Waals surface area contributed by atoms with Crippen LogP contribution in [0.2, 0.25) is 0 Å². The predicted molar refractivity (Wildman–Crippen MR) is 109 cm³/mol. The number of alkyl halides is 3. The fraction of sp³-hybridized carbons (Fsp3) is 0.0435. The molecule has 0 aliphatic rings. The molecule has 7 heteroatoms. The second-order valence-electron chi connectivity index (χ2n) is 6.02. The van der Waals surface area contributed by atoms with Gasteiger partial charge < -0.3 is 11.1 Å². The van der Waals surface area contributed by atoms with E-state index in [2.05, 4.69) is 5.32 Å². The highest BCUT2D eigenvalue weighted by Gasteiger charge is 2.29. The maximum absolute atomic E-state index is 12.4. The van der Waals surface area contributed by atoms with Crippen LogP contribution in [0.15, 0.2) is 91.1 Å². The molecule has 3 N–H and O–H groups in total. The summed E-state index contributed by atoms with van der Waals surface area (Å²) in [5, 5.41) is 2.55. The summed E-state index contributed by atoms with van der Waals surface area (Å²) in [7, 11) is 0. The average Bonchev–Trinajstić information content (AvgIpc) is 2.75. The number of nitrogens with two attached hydrogens (primary N) is 1. The zero-order chi connectivity index (χ0) is 22.0. The van der Waals surface area contributed by atoms with E-state index in [1.807, 2.05) is 6.07 Å². The van der Waals surface area contributed by atoms with E-state index in [0.29, 0.717) is 16.7 Å². The van der Waals surface area contributed by atoms with Crippen LogP contribution in [0.4, 0.5) is 13.2 Å². The number of carbonyl (C=O) groups is 2. The highest BCUT2D eigenvalue weighted by atomic mass is 19.4. The summed E-state index contributed by atoms with van der Waals surface area (Å²) in [4.78, 5) is 22.1. The fourth-order valence-electron chi connectivity index (χ4n) is 2.27. The summed E-state index contributed by atoms with van der Waals surface area (Å²) in [6.07, 6.45) is -1.41. The number of nitrogens with one attached hydrogen (secondary N) is 1. The van der Waals surface area contributed by atoms with Gasteiger partial charge in [-0.3, -0.25) is 9.59 Å². The third-order valence-electron chi connectivity index (χ3n) is 3.82. The molecule has 3 rings (SSSR count). The van der Waals surface area contributed by atoms with Gasteiger partial charge in [0.05, 0.1) is 5.56 Å². The van der Waals surface area contributed by atoms with E-state index in [1.54, 1.807) is 54.6 Å². The van der Waals surface area contributed by atoms with Crippen LogP contribution in [-0.2, 0) is 6.18 Å². The van der Waals surface area contributed by atoms with Crippen molar-refractivity contribution in [2.45, 2.75) is 6.18 Å². The first-order valence-corrected chi connectivity index (χ1v) is 8.82. The lowest BCUT2D eigenvalue weighted by Crippen LogP contribution is -2.16. The minimum Gasteiger partial charge on any atom is -0.366 e. The van der Waals surface area contributed by atoms with Crippen molar-refractivity contribution in [1.29, 1.82) is 0 Å². The lowest BCUT2D eigenvalue weighted by atomic mass is 10.1. The van der Waals surface area contributed by atoms with Crippen LogP contribution in [-0.4, -0.2) is 11.8 Å². The van der Waals surface area contributed by atoms with Crippen LogP contribution in [0.5, 0.6) is 0 Å². The van der Waals surface area contributed by atoms with E-state index in [0.717, 1.165) is 12.1 Å². The Balaban J connectivity index is 0.000000297. The van der Waals surface area contributed by atoms with Crippen LogP contribution in [0.25, 0.3) is 6.08 Å². The molecule has 0 aliphatic heterocycles. The van der Waals surface area contributed by atoms with E-state index in [-0.39, 0.29) is 11.8 Å². The number of rotatable bonds is 4.